The van der Waals surface area contributed by atoms with Gasteiger partial charge in [0.25, 0.3) is 0 Å². The molecule has 0 unspecified atom stereocenters. The van der Waals surface area contributed by atoms with E-state index in [9.17, 15) is 4.79 Å². The molecule has 1 aliphatic rings. The highest BCUT2D eigenvalue weighted by molar-refractivity contribution is 6.05. The minimum Gasteiger partial charge on any atom is -0.478 e. The van der Waals surface area contributed by atoms with Crippen LogP contribution in [0.5, 0.6) is 5.75 Å². The van der Waals surface area contributed by atoms with Gasteiger partial charge in [0.15, 0.2) is 0 Å². The summed E-state index contributed by atoms with van der Waals surface area (Å²) >= 11 is 0. The number of nitrogens with zero attached hydrogens (tertiary/aromatic N) is 1. The minimum absolute atomic E-state index is 0.293. The van der Waals surface area contributed by atoms with Crippen molar-refractivity contribution in [2.75, 3.05) is 6.73 Å². The Labute approximate surface area is 127 Å². The average Bonchev–Trinajstić information content (AvgIpc) is 2.54. The fraction of sp³-hybridized carbons (Fsp3) is 0.278. The lowest BCUT2D eigenvalue weighted by atomic mass is 10.0. The van der Waals surface area contributed by atoms with Gasteiger partial charge in [-0.05, 0) is 37.4 Å². The van der Waals surface area contributed by atoms with Gasteiger partial charge >= 0.3 is 5.63 Å². The van der Waals surface area contributed by atoms with Gasteiger partial charge < -0.3 is 9.15 Å². The van der Waals surface area contributed by atoms with E-state index in [1.807, 2.05) is 30.3 Å². The van der Waals surface area contributed by atoms with Crippen LogP contribution < -0.4 is 10.4 Å². The lowest BCUT2D eigenvalue weighted by Crippen LogP contribution is -2.37. The molecule has 0 spiro atoms. The van der Waals surface area contributed by atoms with E-state index in [2.05, 4.69) is 18.7 Å². The van der Waals surface area contributed by atoms with E-state index in [4.69, 9.17) is 9.15 Å². The third-order valence-electron chi connectivity index (χ3n) is 4.33. The zero-order chi connectivity index (χ0) is 15.3. The Kier molecular flexibility index (Phi) is 2.94. The molecule has 0 saturated carbocycles. The summed E-state index contributed by atoms with van der Waals surface area (Å²) in [6.45, 7) is 5.55. The first-order valence-corrected chi connectivity index (χ1v) is 7.49. The van der Waals surface area contributed by atoms with Crippen LogP contribution in [0.3, 0.4) is 0 Å². The zero-order valence-electron chi connectivity index (χ0n) is 12.6. The van der Waals surface area contributed by atoms with Gasteiger partial charge in [0.1, 0.15) is 18.1 Å². The molecule has 0 radical (unpaired) electrons. The first kappa shape index (κ1) is 13.3. The van der Waals surface area contributed by atoms with E-state index in [-0.39, 0.29) is 5.63 Å². The second kappa shape index (κ2) is 4.85. The van der Waals surface area contributed by atoms with Crippen molar-refractivity contribution in [2.24, 2.45) is 0 Å². The Hall–Kier alpha value is -2.33. The van der Waals surface area contributed by atoms with Crippen LogP contribution in [0, 0.1) is 0 Å². The third kappa shape index (κ3) is 1.91. The highest BCUT2D eigenvalue weighted by Crippen LogP contribution is 2.34. The van der Waals surface area contributed by atoms with Crippen molar-refractivity contribution in [1.82, 2.24) is 4.90 Å². The molecule has 0 amide bonds. The molecule has 0 atom stereocenters. The van der Waals surface area contributed by atoms with Crippen molar-refractivity contribution in [2.45, 2.75) is 26.4 Å². The monoisotopic (exact) mass is 295 g/mol. The van der Waals surface area contributed by atoms with E-state index in [0.29, 0.717) is 23.7 Å². The molecule has 2 aromatic carbocycles. The number of hydrogen-bond donors (Lipinski definition) is 0. The predicted molar refractivity (Wildman–Crippen MR) is 86.2 cm³/mol. The summed E-state index contributed by atoms with van der Waals surface area (Å²) in [6, 6.07) is 11.9. The SMILES string of the molecule is CC(C)N1COc2ccc3c(oc(=O)c4ccccc43)c2C1. The molecule has 2 heterocycles. The molecule has 22 heavy (non-hydrogen) atoms. The zero-order valence-corrected chi connectivity index (χ0v) is 12.6. The Balaban J connectivity index is 2.04. The van der Waals surface area contributed by atoms with E-state index < -0.39 is 0 Å². The summed E-state index contributed by atoms with van der Waals surface area (Å²) in [4.78, 5) is 14.5. The minimum atomic E-state index is -0.293. The molecule has 0 aliphatic carbocycles. The molecular formula is C18H17NO3. The standard InChI is InChI=1S/C18H17NO3/c1-11(2)19-9-15-16(21-10-19)8-7-13-12-5-3-4-6-14(12)18(20)22-17(13)15/h3-8,11H,9-10H2,1-2H3. The van der Waals surface area contributed by atoms with Gasteiger partial charge in [0, 0.05) is 18.0 Å². The van der Waals surface area contributed by atoms with Gasteiger partial charge in [-0.3, -0.25) is 4.90 Å². The first-order valence-electron chi connectivity index (χ1n) is 7.49. The van der Waals surface area contributed by atoms with Crippen molar-refractivity contribution in [3.63, 3.8) is 0 Å². The molecule has 3 aromatic rings. The van der Waals surface area contributed by atoms with Crippen LogP contribution in [0.1, 0.15) is 19.4 Å². The van der Waals surface area contributed by atoms with Gasteiger partial charge in [-0.15, -0.1) is 0 Å². The summed E-state index contributed by atoms with van der Waals surface area (Å²) < 4.78 is 11.5. The van der Waals surface area contributed by atoms with Crippen LogP contribution in [0.2, 0.25) is 0 Å². The van der Waals surface area contributed by atoms with E-state index in [1.165, 1.54) is 0 Å². The number of ether oxygens (including phenoxy) is 1. The fourth-order valence-electron chi connectivity index (χ4n) is 3.00. The Bertz CT molecular complexity index is 927. The number of fused-ring (bicyclic) bond motifs is 5. The van der Waals surface area contributed by atoms with Crippen LogP contribution in [0.25, 0.3) is 21.7 Å². The number of hydrogen-bond acceptors (Lipinski definition) is 4. The largest absolute Gasteiger partial charge is 0.478 e. The smallest absolute Gasteiger partial charge is 0.344 e. The maximum atomic E-state index is 12.3. The summed E-state index contributed by atoms with van der Waals surface area (Å²) in [5.74, 6) is 0.808. The summed E-state index contributed by atoms with van der Waals surface area (Å²) in [5, 5.41) is 2.51. The van der Waals surface area contributed by atoms with Gasteiger partial charge in [0.05, 0.1) is 10.9 Å². The Morgan fingerprint density at radius 3 is 2.59 bits per heavy atom. The lowest BCUT2D eigenvalue weighted by Gasteiger charge is -2.32. The number of rotatable bonds is 1. The maximum absolute atomic E-state index is 12.3. The van der Waals surface area contributed by atoms with E-state index >= 15 is 0 Å². The van der Waals surface area contributed by atoms with Gasteiger partial charge in [0.2, 0.25) is 0 Å². The van der Waals surface area contributed by atoms with Gasteiger partial charge in [-0.1, -0.05) is 18.2 Å². The second-order valence-electron chi connectivity index (χ2n) is 5.97. The quantitative estimate of drug-likeness (QED) is 0.509. The molecule has 0 fully saturated rings. The molecule has 0 N–H and O–H groups in total. The molecule has 1 aromatic heterocycles. The topological polar surface area (TPSA) is 42.7 Å². The molecule has 4 rings (SSSR count). The van der Waals surface area contributed by atoms with E-state index in [0.717, 1.165) is 28.6 Å². The summed E-state index contributed by atoms with van der Waals surface area (Å²) in [7, 11) is 0. The Morgan fingerprint density at radius 2 is 1.82 bits per heavy atom. The highest BCUT2D eigenvalue weighted by atomic mass is 16.5. The molecule has 0 bridgehead atoms. The molecule has 4 nitrogen and oxygen atoms in total. The molecule has 4 heteroatoms. The summed E-state index contributed by atoms with van der Waals surface area (Å²) in [6.07, 6.45) is 0. The van der Waals surface area contributed by atoms with Crippen molar-refractivity contribution < 1.29 is 9.15 Å². The molecule has 0 saturated heterocycles. The first-order chi connectivity index (χ1) is 10.6. The third-order valence-corrected chi connectivity index (χ3v) is 4.33. The van der Waals surface area contributed by atoms with Gasteiger partial charge in [-0.25, -0.2) is 4.79 Å². The van der Waals surface area contributed by atoms with Crippen molar-refractivity contribution in [3.05, 3.63) is 52.4 Å². The lowest BCUT2D eigenvalue weighted by molar-refractivity contribution is 0.0689. The van der Waals surface area contributed by atoms with Crippen LogP contribution in [0.15, 0.2) is 45.6 Å². The Morgan fingerprint density at radius 1 is 1.05 bits per heavy atom. The van der Waals surface area contributed by atoms with Crippen molar-refractivity contribution in [1.29, 1.82) is 0 Å². The fourth-order valence-corrected chi connectivity index (χ4v) is 3.00. The van der Waals surface area contributed by atoms with Crippen LogP contribution in [-0.2, 0) is 6.54 Å². The molecule has 112 valence electrons. The van der Waals surface area contributed by atoms with E-state index in [1.54, 1.807) is 6.07 Å². The average molecular weight is 295 g/mol. The predicted octanol–water partition coefficient (Wildman–Crippen LogP) is 3.51. The maximum Gasteiger partial charge on any atom is 0.344 e. The highest BCUT2D eigenvalue weighted by Gasteiger charge is 2.23. The van der Waals surface area contributed by atoms with Crippen LogP contribution in [-0.4, -0.2) is 17.7 Å². The number of benzene rings is 2. The molecular weight excluding hydrogens is 278 g/mol. The summed E-state index contributed by atoms with van der Waals surface area (Å²) in [5.41, 5.74) is 1.31. The normalized spacial score (nSPS) is 15.2. The van der Waals surface area contributed by atoms with Crippen LogP contribution in [0.4, 0.5) is 0 Å². The van der Waals surface area contributed by atoms with Crippen LogP contribution >= 0.6 is 0 Å². The van der Waals surface area contributed by atoms with Crippen molar-refractivity contribution >= 4 is 21.7 Å². The van der Waals surface area contributed by atoms with Crippen molar-refractivity contribution in [3.8, 4) is 5.75 Å². The van der Waals surface area contributed by atoms with Gasteiger partial charge in [-0.2, -0.15) is 0 Å². The second-order valence-corrected chi connectivity index (χ2v) is 5.97. The molecule has 1 aliphatic heterocycles.